The van der Waals surface area contributed by atoms with Crippen LogP contribution in [0.3, 0.4) is 0 Å². The fourth-order valence-electron chi connectivity index (χ4n) is 4.02. The molecule has 0 aliphatic carbocycles. The van der Waals surface area contributed by atoms with Gasteiger partial charge in [-0.2, -0.15) is 0 Å². The largest absolute Gasteiger partial charge is 0.507 e. The van der Waals surface area contributed by atoms with Gasteiger partial charge in [0.2, 0.25) is 0 Å². The van der Waals surface area contributed by atoms with Crippen LogP contribution in [0.4, 0.5) is 0 Å². The first-order valence-corrected chi connectivity index (χ1v) is 10.1. The number of hydrogen-bond acceptors (Lipinski definition) is 5. The van der Waals surface area contributed by atoms with Crippen molar-refractivity contribution in [2.45, 2.75) is 18.9 Å². The van der Waals surface area contributed by atoms with E-state index in [-0.39, 0.29) is 11.3 Å². The lowest BCUT2D eigenvalue weighted by Gasteiger charge is -2.27. The number of pyridine rings is 1. The molecule has 1 atom stereocenters. The highest BCUT2D eigenvalue weighted by atomic mass is 35.5. The average Bonchev–Trinajstić information content (AvgIpc) is 3.34. The van der Waals surface area contributed by atoms with Crippen molar-refractivity contribution >= 4 is 29.1 Å². The summed E-state index contributed by atoms with van der Waals surface area (Å²) in [5.41, 5.74) is 1.30. The number of aromatic nitrogens is 1. The van der Waals surface area contributed by atoms with Crippen LogP contribution >= 0.6 is 11.6 Å². The Morgan fingerprint density at radius 2 is 1.69 bits per heavy atom. The minimum Gasteiger partial charge on any atom is -0.507 e. The Morgan fingerprint density at radius 3 is 2.34 bits per heavy atom. The number of aliphatic hydroxyl groups is 1. The number of ketones is 1. The fourth-order valence-corrected chi connectivity index (χ4v) is 4.15. The third kappa shape index (κ3) is 3.91. The predicted octanol–water partition coefficient (Wildman–Crippen LogP) is 3.25. The molecule has 6 nitrogen and oxygen atoms in total. The Kier molecular flexibility index (Phi) is 5.65. The summed E-state index contributed by atoms with van der Waals surface area (Å²) in [5, 5.41) is 11.5. The molecule has 1 unspecified atom stereocenters. The minimum atomic E-state index is -0.666. The highest BCUT2D eigenvalue weighted by Crippen LogP contribution is 2.39. The van der Waals surface area contributed by atoms with Crippen LogP contribution in [-0.2, 0) is 9.59 Å². The first kappa shape index (κ1) is 19.6. The van der Waals surface area contributed by atoms with E-state index in [1.54, 1.807) is 53.7 Å². The lowest BCUT2D eigenvalue weighted by atomic mass is 9.96. The van der Waals surface area contributed by atoms with E-state index < -0.39 is 17.7 Å². The molecule has 150 valence electrons. The van der Waals surface area contributed by atoms with Gasteiger partial charge in [0.15, 0.2) is 0 Å². The Labute approximate surface area is 174 Å². The fraction of sp³-hybridized carbons (Fsp3) is 0.318. The molecule has 4 rings (SSSR count). The number of carbonyl (C=O) groups excluding carboxylic acids is 2. The van der Waals surface area contributed by atoms with Gasteiger partial charge >= 0.3 is 0 Å². The van der Waals surface area contributed by atoms with Crippen molar-refractivity contribution in [3.63, 3.8) is 0 Å². The van der Waals surface area contributed by atoms with E-state index in [1.165, 1.54) is 0 Å². The number of hydrogen-bond donors (Lipinski definition) is 1. The van der Waals surface area contributed by atoms with E-state index in [0.717, 1.165) is 31.5 Å². The molecule has 1 aromatic heterocycles. The minimum absolute atomic E-state index is 0.102. The van der Waals surface area contributed by atoms with E-state index in [9.17, 15) is 14.7 Å². The zero-order valence-corrected chi connectivity index (χ0v) is 16.7. The lowest BCUT2D eigenvalue weighted by Crippen LogP contribution is -2.37. The molecule has 0 bridgehead atoms. The Bertz CT molecular complexity index is 938. The van der Waals surface area contributed by atoms with Gasteiger partial charge in [-0.25, -0.2) is 0 Å². The van der Waals surface area contributed by atoms with Crippen molar-refractivity contribution in [1.82, 2.24) is 14.8 Å². The molecule has 29 heavy (non-hydrogen) atoms. The Morgan fingerprint density at radius 1 is 1.03 bits per heavy atom. The molecule has 2 aromatic rings. The zero-order valence-electron chi connectivity index (χ0n) is 15.9. The van der Waals surface area contributed by atoms with Gasteiger partial charge in [0.05, 0.1) is 11.6 Å². The maximum absolute atomic E-state index is 12.9. The molecule has 1 aromatic carbocycles. The van der Waals surface area contributed by atoms with Crippen LogP contribution in [0.1, 0.15) is 30.0 Å². The standard InChI is InChI=1S/C22H22ClN3O3/c23-17-5-3-16(4-6-17)20(27)18-19(15-7-9-24-10-8-15)26(22(29)21(18)28)14-13-25-11-1-2-12-25/h3-10,19,27H,1-2,11-14H2/b20-18+. The van der Waals surface area contributed by atoms with Gasteiger partial charge in [-0.1, -0.05) is 11.6 Å². The van der Waals surface area contributed by atoms with Crippen LogP contribution in [0.2, 0.25) is 5.02 Å². The van der Waals surface area contributed by atoms with E-state index in [0.29, 0.717) is 23.7 Å². The van der Waals surface area contributed by atoms with Gasteiger partial charge in [-0.15, -0.1) is 0 Å². The van der Waals surface area contributed by atoms with Crippen LogP contribution in [0.5, 0.6) is 0 Å². The van der Waals surface area contributed by atoms with Gasteiger partial charge < -0.3 is 14.9 Å². The first-order valence-electron chi connectivity index (χ1n) is 9.73. The highest BCUT2D eigenvalue weighted by Gasteiger charge is 2.46. The van der Waals surface area contributed by atoms with E-state index in [2.05, 4.69) is 9.88 Å². The van der Waals surface area contributed by atoms with Gasteiger partial charge in [0, 0.05) is 36.1 Å². The average molecular weight is 412 g/mol. The van der Waals surface area contributed by atoms with Crippen molar-refractivity contribution < 1.29 is 14.7 Å². The quantitative estimate of drug-likeness (QED) is 0.464. The molecule has 0 radical (unpaired) electrons. The summed E-state index contributed by atoms with van der Waals surface area (Å²) in [7, 11) is 0. The summed E-state index contributed by atoms with van der Waals surface area (Å²) in [5.74, 6) is -1.44. The second-order valence-electron chi connectivity index (χ2n) is 7.33. The summed E-state index contributed by atoms with van der Waals surface area (Å²) in [6, 6.07) is 9.46. The molecular formula is C22H22ClN3O3. The molecule has 2 saturated heterocycles. The SMILES string of the molecule is O=C1C(=O)N(CCN2CCCC2)C(c2ccncc2)/C1=C(\O)c1ccc(Cl)cc1. The number of rotatable bonds is 5. The molecular weight excluding hydrogens is 390 g/mol. The summed E-state index contributed by atoms with van der Waals surface area (Å²) in [6.45, 7) is 3.15. The van der Waals surface area contributed by atoms with Crippen molar-refractivity contribution in [3.05, 3.63) is 70.5 Å². The number of carbonyl (C=O) groups is 2. The number of benzene rings is 1. The number of nitrogens with zero attached hydrogens (tertiary/aromatic N) is 3. The van der Waals surface area contributed by atoms with Crippen LogP contribution in [-0.4, -0.2) is 57.8 Å². The molecule has 7 heteroatoms. The normalized spacial score (nSPS) is 21.8. The van der Waals surface area contributed by atoms with Gasteiger partial charge in [-0.3, -0.25) is 14.6 Å². The second-order valence-corrected chi connectivity index (χ2v) is 7.77. The van der Waals surface area contributed by atoms with Crippen LogP contribution in [0.15, 0.2) is 54.4 Å². The maximum atomic E-state index is 12.9. The first-order chi connectivity index (χ1) is 14.1. The van der Waals surface area contributed by atoms with E-state index in [4.69, 9.17) is 11.6 Å². The van der Waals surface area contributed by atoms with Crippen molar-refractivity contribution in [2.24, 2.45) is 0 Å². The van der Waals surface area contributed by atoms with Crippen molar-refractivity contribution in [1.29, 1.82) is 0 Å². The number of aliphatic hydroxyl groups excluding tert-OH is 1. The molecule has 3 heterocycles. The third-order valence-corrected chi connectivity index (χ3v) is 5.79. The summed E-state index contributed by atoms with van der Waals surface area (Å²) < 4.78 is 0. The molecule has 2 aliphatic heterocycles. The van der Waals surface area contributed by atoms with E-state index in [1.807, 2.05) is 0 Å². The number of Topliss-reactive ketones (excluding diaryl/α,β-unsaturated/α-hetero) is 1. The molecule has 2 fully saturated rings. The van der Waals surface area contributed by atoms with Crippen LogP contribution < -0.4 is 0 Å². The predicted molar refractivity (Wildman–Crippen MR) is 110 cm³/mol. The lowest BCUT2D eigenvalue weighted by molar-refractivity contribution is -0.140. The number of halogens is 1. The van der Waals surface area contributed by atoms with Crippen molar-refractivity contribution in [3.8, 4) is 0 Å². The monoisotopic (exact) mass is 411 g/mol. The second kappa shape index (κ2) is 8.35. The highest BCUT2D eigenvalue weighted by molar-refractivity contribution is 6.46. The van der Waals surface area contributed by atoms with Gasteiger partial charge in [0.1, 0.15) is 5.76 Å². The van der Waals surface area contributed by atoms with Crippen LogP contribution in [0.25, 0.3) is 5.76 Å². The van der Waals surface area contributed by atoms with Gasteiger partial charge in [0.25, 0.3) is 11.7 Å². The number of likely N-dealkylation sites (tertiary alicyclic amines) is 2. The number of amides is 1. The van der Waals surface area contributed by atoms with Crippen LogP contribution in [0, 0.1) is 0 Å². The molecule has 1 amide bonds. The smallest absolute Gasteiger partial charge is 0.295 e. The third-order valence-electron chi connectivity index (χ3n) is 5.54. The molecule has 0 spiro atoms. The summed E-state index contributed by atoms with van der Waals surface area (Å²) in [6.07, 6.45) is 5.56. The topological polar surface area (TPSA) is 73.7 Å². The summed E-state index contributed by atoms with van der Waals surface area (Å²) >= 11 is 5.94. The maximum Gasteiger partial charge on any atom is 0.295 e. The molecule has 1 N–H and O–H groups in total. The van der Waals surface area contributed by atoms with E-state index >= 15 is 0 Å². The molecule has 0 saturated carbocycles. The summed E-state index contributed by atoms with van der Waals surface area (Å²) in [4.78, 5) is 33.7. The Hall–Kier alpha value is -2.70. The van der Waals surface area contributed by atoms with Crippen molar-refractivity contribution in [2.75, 3.05) is 26.2 Å². The zero-order chi connectivity index (χ0) is 20.4. The van der Waals surface area contributed by atoms with Gasteiger partial charge in [-0.05, 0) is 67.9 Å². The molecule has 2 aliphatic rings. The Balaban J connectivity index is 1.74.